The Morgan fingerprint density at radius 1 is 0.738 bits per heavy atom. The molecule has 4 amide bonds. The van der Waals surface area contributed by atoms with E-state index in [1.807, 2.05) is 0 Å². The van der Waals surface area contributed by atoms with E-state index in [1.54, 1.807) is 0 Å². The van der Waals surface area contributed by atoms with Gasteiger partial charge in [-0.15, -0.1) is 0 Å². The maximum absolute atomic E-state index is 15.2. The Hall–Kier alpha value is -3.56. The minimum atomic E-state index is -3.52. The highest BCUT2D eigenvalue weighted by atomic mass is 31.1. The largest absolute Gasteiger partial charge is 0.480 e. The van der Waals surface area contributed by atoms with Crippen molar-refractivity contribution in [1.82, 2.24) is 20.9 Å². The number of nitrogens with one attached hydrogen (secondary N) is 3. The zero-order valence-electron chi connectivity index (χ0n) is 51.2. The van der Waals surface area contributed by atoms with Crippen molar-refractivity contribution in [1.29, 1.82) is 0 Å². The number of Topliss-reactive ketones (excluding diaryl/α,β-unsaturated/α-hetero) is 2. The van der Waals surface area contributed by atoms with Gasteiger partial charge in [0.15, 0.2) is 23.6 Å². The van der Waals surface area contributed by atoms with E-state index in [4.69, 9.17) is 30.2 Å². The number of carboxylic acid groups (broad SMARTS) is 1. The molecule has 84 heavy (non-hydrogen) atoms. The summed E-state index contributed by atoms with van der Waals surface area (Å²) < 4.78 is 33.8. The Morgan fingerprint density at radius 3 is 1.67 bits per heavy atom. The molecule has 0 aromatic rings. The first-order chi connectivity index (χ1) is 39.9. The number of carbonyl (C=O) groups is 7. The number of aliphatic hydroxyl groups is 5. The number of rotatable bonds is 52. The number of aliphatic carboxylic acids is 1. The highest BCUT2D eigenvalue weighted by molar-refractivity contribution is 7.32. The molecular formula is C58H109N6O19P. The molecule has 0 saturated carbocycles. The van der Waals surface area contributed by atoms with Crippen molar-refractivity contribution >= 4 is 49.4 Å². The summed E-state index contributed by atoms with van der Waals surface area (Å²) in [6.45, 7) is 5.90. The van der Waals surface area contributed by atoms with Crippen molar-refractivity contribution in [3.8, 4) is 0 Å². The quantitative estimate of drug-likeness (QED) is 0.0176. The number of aliphatic hydroxyl groups excluding tert-OH is 5. The molecule has 14 N–H and O–H groups in total. The molecule has 1 saturated heterocycles. The Bertz CT molecular complexity index is 1940. The van der Waals surface area contributed by atoms with Crippen LogP contribution in [0.5, 0.6) is 0 Å². The summed E-state index contributed by atoms with van der Waals surface area (Å²) in [6.07, 6.45) is 13.7. The smallest absolute Gasteiger partial charge is 0.326 e. The molecule has 1 aliphatic heterocycles. The number of ketones is 2. The summed E-state index contributed by atoms with van der Waals surface area (Å²) in [5.41, 5.74) is 6.41. The van der Waals surface area contributed by atoms with Crippen LogP contribution in [0.25, 0.3) is 0 Å². The van der Waals surface area contributed by atoms with Crippen LogP contribution >= 0.6 is 8.25 Å². The van der Waals surface area contributed by atoms with Crippen LogP contribution in [0.15, 0.2) is 0 Å². The number of nitrogens with zero attached hydrogens (tertiary/aromatic N) is 1. The maximum Gasteiger partial charge on any atom is 0.326 e. The van der Waals surface area contributed by atoms with Gasteiger partial charge >= 0.3 is 14.2 Å². The molecule has 1 rings (SSSR count). The van der Waals surface area contributed by atoms with Crippen molar-refractivity contribution in [2.75, 3.05) is 26.5 Å². The van der Waals surface area contributed by atoms with Crippen molar-refractivity contribution in [3.63, 3.8) is 0 Å². The summed E-state index contributed by atoms with van der Waals surface area (Å²) in [7, 11) is -3.52. The fourth-order valence-corrected chi connectivity index (χ4v) is 10.7. The fraction of sp³-hybridized carbons (Fsp3) is 0.879. The number of hydrogen-bond acceptors (Lipinski definition) is 19. The number of carboxylic acids is 1. The molecule has 490 valence electrons. The number of carbonyl (C=O) groups excluding carboxylic acids is 6. The minimum absolute atomic E-state index is 0.00265. The molecule has 0 aliphatic carbocycles. The zero-order chi connectivity index (χ0) is 63.3. The molecule has 26 heteroatoms. The molecule has 0 bridgehead atoms. The van der Waals surface area contributed by atoms with Gasteiger partial charge in [0.1, 0.15) is 49.3 Å². The van der Waals surface area contributed by atoms with Crippen LogP contribution < -0.4 is 27.4 Å². The third-order valence-corrected chi connectivity index (χ3v) is 15.9. The first-order valence-electron chi connectivity index (χ1n) is 31.0. The summed E-state index contributed by atoms with van der Waals surface area (Å²) in [5.74, 6) is -7.74. The van der Waals surface area contributed by atoms with Gasteiger partial charge in [0, 0.05) is 26.3 Å². The lowest BCUT2D eigenvalue weighted by Crippen LogP contribution is -2.70. The first kappa shape index (κ1) is 78.5. The second kappa shape index (κ2) is 44.0. The van der Waals surface area contributed by atoms with Crippen LogP contribution in [-0.4, -0.2) is 180 Å². The molecule has 0 aromatic carbocycles. The lowest BCUT2D eigenvalue weighted by atomic mass is 9.79. The van der Waals surface area contributed by atoms with Crippen LogP contribution in [0.1, 0.15) is 228 Å². The lowest BCUT2D eigenvalue weighted by molar-refractivity contribution is -0.268. The summed E-state index contributed by atoms with van der Waals surface area (Å²) in [4.78, 5) is 106. The van der Waals surface area contributed by atoms with Gasteiger partial charge in [-0.25, -0.2) is 4.79 Å². The zero-order valence-corrected chi connectivity index (χ0v) is 52.2. The highest BCUT2D eigenvalue weighted by Gasteiger charge is 2.58. The molecule has 1 heterocycles. The van der Waals surface area contributed by atoms with Gasteiger partial charge in [-0.2, -0.15) is 0 Å². The van der Waals surface area contributed by atoms with Crippen LogP contribution in [0, 0.1) is 0 Å². The Labute approximate surface area is 499 Å². The summed E-state index contributed by atoms with van der Waals surface area (Å²) in [5, 5.41) is 71.1. The molecule has 13 atom stereocenters. The third-order valence-electron chi connectivity index (χ3n) is 15.5. The predicted molar refractivity (Wildman–Crippen MR) is 315 cm³/mol. The number of nitrogens with two attached hydrogens (primary N) is 2. The number of hydrogen-bond donors (Lipinski definition) is 12. The monoisotopic (exact) mass is 1220 g/mol. The summed E-state index contributed by atoms with van der Waals surface area (Å²) >= 11 is 0. The number of primary amides is 1. The normalized spacial score (nSPS) is 20.8. The second-order valence-electron chi connectivity index (χ2n) is 22.8. The fourth-order valence-electron chi connectivity index (χ4n) is 10.5. The van der Waals surface area contributed by atoms with E-state index in [2.05, 4.69) is 29.8 Å². The van der Waals surface area contributed by atoms with Gasteiger partial charge in [0.25, 0.3) is 5.91 Å². The lowest BCUT2D eigenvalue weighted by Gasteiger charge is -2.43. The number of ether oxygens (including phenoxy) is 3. The molecule has 3 unspecified atom stereocenters. The Kier molecular flexibility index (Phi) is 41.1. The van der Waals surface area contributed by atoms with Gasteiger partial charge in [-0.1, -0.05) is 168 Å². The van der Waals surface area contributed by atoms with E-state index in [0.29, 0.717) is 19.3 Å². The van der Waals surface area contributed by atoms with E-state index in [0.717, 1.165) is 83.0 Å². The molecule has 0 aromatic heterocycles. The van der Waals surface area contributed by atoms with E-state index in [1.165, 1.54) is 84.5 Å². The average molecular weight is 1230 g/mol. The third kappa shape index (κ3) is 29.4. The second-order valence-corrected chi connectivity index (χ2v) is 23.6. The van der Waals surface area contributed by atoms with Crippen molar-refractivity contribution in [2.45, 2.75) is 300 Å². The number of amides is 4. The van der Waals surface area contributed by atoms with Gasteiger partial charge in [-0.3, -0.25) is 48.9 Å². The Morgan fingerprint density at radius 2 is 1.23 bits per heavy atom. The highest BCUT2D eigenvalue weighted by Crippen LogP contribution is 2.31. The van der Waals surface area contributed by atoms with Crippen molar-refractivity contribution in [3.05, 3.63) is 0 Å². The Balaban J connectivity index is 3.50. The first-order valence-corrected chi connectivity index (χ1v) is 32.2. The van der Waals surface area contributed by atoms with E-state index in [9.17, 15) is 68.9 Å². The predicted octanol–water partition coefficient (Wildman–Crippen LogP) is 4.20. The topological polar surface area (TPSA) is 406 Å². The van der Waals surface area contributed by atoms with Crippen molar-refractivity contribution in [2.24, 2.45) is 11.5 Å². The van der Waals surface area contributed by atoms with Gasteiger partial charge in [0.05, 0.1) is 25.4 Å². The number of unbranched alkanes of at least 4 members (excludes halogenated alkanes) is 23. The molecule has 1 aliphatic rings. The van der Waals surface area contributed by atoms with E-state index >= 15 is 4.79 Å². The van der Waals surface area contributed by atoms with Gasteiger partial charge in [-0.05, 0) is 40.0 Å². The minimum Gasteiger partial charge on any atom is -0.480 e. The van der Waals surface area contributed by atoms with E-state index in [-0.39, 0.29) is 19.3 Å². The summed E-state index contributed by atoms with van der Waals surface area (Å²) in [6, 6.07) is -6.07. The molecule has 1 fully saturated rings. The van der Waals surface area contributed by atoms with Gasteiger partial charge in [0.2, 0.25) is 23.3 Å². The maximum atomic E-state index is 15.2. The van der Waals surface area contributed by atoms with Crippen molar-refractivity contribution < 1.29 is 92.4 Å². The van der Waals surface area contributed by atoms with Crippen LogP contribution in [0.3, 0.4) is 0 Å². The average Bonchev–Trinajstić information content (AvgIpc) is 2.56. The molecule has 0 spiro atoms. The standard InChI is InChI=1S/C58H109N6O19P/c1-7-9-11-13-15-17-19-21-23-25-27-29-31-33-46(68)58(47(69)38-66,52(72)43(61-39-80-84(78)79)32-30-28-26-24-22-20-18-16-14-12-10-8-2)83-57(6,60)56(77)63-44(53(59)73)34-35-48(70)64(41(4)54(74)75)36-40(3)81-51-49(62-42(5)67)55(76)82-45(37-65)50(51)71/h40-41,43-45,47,49-51,55,61,65-66,69,71,76,84H,7-39,60H2,1-6H3,(H2,59,73)(H,62,67)(H,63,77)(H,74,75)(H,78,79)/t40?,41-,43?,44+,45+,47-,49+,50+,51+,55-,57+,58-/m0/s1. The van der Waals surface area contributed by atoms with Gasteiger partial charge < -0.3 is 71.0 Å². The molecular weight excluding hydrogens is 1120 g/mol. The van der Waals surface area contributed by atoms with E-state index < -0.39 is 161 Å². The van der Waals surface area contributed by atoms with Crippen LogP contribution in [0.2, 0.25) is 0 Å². The molecule has 0 radical (unpaired) electrons. The van der Waals surface area contributed by atoms with Crippen LogP contribution in [0.4, 0.5) is 0 Å². The SMILES string of the molecule is CCCCCCCCCCCCCCCC(=O)[C@@](O[C@@](C)(N)C(=O)N[C@H](CCC(=O)N(CC(C)O[C@H]1[C@H](O)[C@@H](CO)O[C@H](O)[C@@H]1NC(C)=O)[C@@H](C)C(=O)O)C(N)=O)(C(=O)C(CCCCCCCCCCCCCC)NCO[PH](=O)O)[C@@H](O)CO. The molecule has 25 nitrogen and oxygen atoms in total. The van der Waals surface area contributed by atoms with Crippen LogP contribution in [-0.2, 0) is 56.9 Å².